The third-order valence-electron chi connectivity index (χ3n) is 6.57. The number of nitrogens with one attached hydrogen (secondary N) is 1. The monoisotopic (exact) mass is 401 g/mol. The first-order valence-electron chi connectivity index (χ1n) is 11.0. The molecule has 0 fully saturated rings. The van der Waals surface area contributed by atoms with E-state index in [1.807, 2.05) is 0 Å². The van der Waals surface area contributed by atoms with Gasteiger partial charge in [0.25, 0.3) is 0 Å². The Balaban J connectivity index is 1.63. The molecule has 0 bridgehead atoms. The lowest BCUT2D eigenvalue weighted by molar-refractivity contribution is -0.122. The molecule has 1 N–H and O–H groups in total. The molecular weight excluding hydrogens is 370 g/mol. The maximum absolute atomic E-state index is 13.2. The van der Waals surface area contributed by atoms with E-state index in [1.165, 1.54) is 16.7 Å². The summed E-state index contributed by atoms with van der Waals surface area (Å²) in [6.45, 7) is 8.73. The van der Waals surface area contributed by atoms with E-state index in [0.717, 1.165) is 23.3 Å². The second kappa shape index (κ2) is 7.86. The number of ketones is 1. The molecule has 2 aromatic rings. The fraction of sp³-hybridized carbons (Fsp3) is 0.407. The van der Waals surface area contributed by atoms with E-state index in [0.29, 0.717) is 19.3 Å². The van der Waals surface area contributed by atoms with E-state index in [2.05, 4.69) is 81.5 Å². The highest BCUT2D eigenvalue weighted by Crippen LogP contribution is 2.42. The van der Waals surface area contributed by atoms with Crippen LogP contribution in [0.2, 0.25) is 0 Å². The zero-order valence-electron chi connectivity index (χ0n) is 18.4. The second-order valence-electron chi connectivity index (χ2n) is 9.69. The molecule has 1 heterocycles. The van der Waals surface area contributed by atoms with Crippen LogP contribution in [0.1, 0.15) is 81.0 Å². The Kier molecular flexibility index (Phi) is 5.40. The van der Waals surface area contributed by atoms with Crippen LogP contribution in [0.3, 0.4) is 0 Å². The lowest BCUT2D eigenvalue weighted by atomic mass is 9.73. The predicted molar refractivity (Wildman–Crippen MR) is 120 cm³/mol. The molecule has 2 unspecified atom stereocenters. The number of carbonyl (C=O) groups excluding carboxylic acids is 2. The number of carbonyl (C=O) groups is 2. The summed E-state index contributed by atoms with van der Waals surface area (Å²) in [6.07, 6.45) is 2.55. The van der Waals surface area contributed by atoms with Crippen molar-refractivity contribution < 1.29 is 9.59 Å². The van der Waals surface area contributed by atoms with Gasteiger partial charge in [0.1, 0.15) is 0 Å². The van der Waals surface area contributed by atoms with Gasteiger partial charge in [0, 0.05) is 30.0 Å². The van der Waals surface area contributed by atoms with Gasteiger partial charge in [-0.25, -0.2) is 0 Å². The highest BCUT2D eigenvalue weighted by atomic mass is 16.2. The van der Waals surface area contributed by atoms with Crippen LogP contribution < -0.4 is 5.32 Å². The number of amides is 1. The Labute approximate surface area is 179 Å². The van der Waals surface area contributed by atoms with Gasteiger partial charge in [-0.1, -0.05) is 76.2 Å². The number of aryl methyl sites for hydroxylation is 1. The van der Waals surface area contributed by atoms with Crippen LogP contribution in [0.15, 0.2) is 59.8 Å². The number of hydrogen-bond acceptors (Lipinski definition) is 2. The highest BCUT2D eigenvalue weighted by Gasteiger charge is 2.38. The van der Waals surface area contributed by atoms with Crippen molar-refractivity contribution in [3.63, 3.8) is 0 Å². The van der Waals surface area contributed by atoms with Crippen LogP contribution in [0.4, 0.5) is 0 Å². The Morgan fingerprint density at radius 3 is 2.10 bits per heavy atom. The fourth-order valence-corrected chi connectivity index (χ4v) is 4.72. The molecule has 2 aromatic carbocycles. The predicted octanol–water partition coefficient (Wildman–Crippen LogP) is 5.55. The number of Topliss-reactive ketones (excluding diaryl/α,β-unsaturated/α-hetero) is 1. The van der Waals surface area contributed by atoms with Gasteiger partial charge in [0.2, 0.25) is 5.91 Å². The van der Waals surface area contributed by atoms with Crippen LogP contribution in [0, 0.1) is 0 Å². The summed E-state index contributed by atoms with van der Waals surface area (Å²) in [4.78, 5) is 25.7. The summed E-state index contributed by atoms with van der Waals surface area (Å²) in [7, 11) is 0. The molecule has 0 aromatic heterocycles. The van der Waals surface area contributed by atoms with Gasteiger partial charge >= 0.3 is 0 Å². The molecular formula is C27H31NO2. The topological polar surface area (TPSA) is 46.2 Å². The molecule has 0 radical (unpaired) electrons. The minimum absolute atomic E-state index is 0.00912. The summed E-state index contributed by atoms with van der Waals surface area (Å²) in [5.41, 5.74) is 6.55. The lowest BCUT2D eigenvalue weighted by Gasteiger charge is -2.34. The molecule has 3 nitrogen and oxygen atoms in total. The smallest absolute Gasteiger partial charge is 0.225 e. The molecule has 3 heteroatoms. The van der Waals surface area contributed by atoms with Crippen molar-refractivity contribution in [1.29, 1.82) is 0 Å². The van der Waals surface area contributed by atoms with E-state index >= 15 is 0 Å². The Bertz CT molecular complexity index is 991. The Hall–Kier alpha value is -2.68. The number of hydrogen-bond donors (Lipinski definition) is 1. The summed E-state index contributed by atoms with van der Waals surface area (Å²) < 4.78 is 0. The molecule has 1 aliphatic heterocycles. The van der Waals surface area contributed by atoms with Crippen LogP contribution in [0.5, 0.6) is 0 Å². The Morgan fingerprint density at radius 1 is 0.867 bits per heavy atom. The first-order chi connectivity index (χ1) is 14.3. The SMILES string of the molecule is CCc1ccc(C2CC(=O)NC3=C2C(=O)CC(c2ccc(C(C)(C)C)cc2)C3)cc1. The third-order valence-corrected chi connectivity index (χ3v) is 6.57. The molecule has 2 aliphatic rings. The minimum Gasteiger partial charge on any atom is -0.329 e. The molecule has 1 aliphatic carbocycles. The van der Waals surface area contributed by atoms with Crippen molar-refractivity contribution in [3.05, 3.63) is 82.1 Å². The molecule has 1 amide bonds. The average Bonchev–Trinajstić information content (AvgIpc) is 2.72. The zero-order chi connectivity index (χ0) is 21.5. The zero-order valence-corrected chi connectivity index (χ0v) is 18.4. The maximum Gasteiger partial charge on any atom is 0.225 e. The molecule has 2 atom stereocenters. The van der Waals surface area contributed by atoms with Crippen LogP contribution in [0.25, 0.3) is 0 Å². The van der Waals surface area contributed by atoms with Gasteiger partial charge < -0.3 is 5.32 Å². The summed E-state index contributed by atoms with van der Waals surface area (Å²) in [6, 6.07) is 17.0. The summed E-state index contributed by atoms with van der Waals surface area (Å²) in [5, 5.41) is 3.03. The Morgan fingerprint density at radius 2 is 1.50 bits per heavy atom. The first kappa shape index (κ1) is 20.6. The van der Waals surface area contributed by atoms with Gasteiger partial charge in [-0.2, -0.15) is 0 Å². The van der Waals surface area contributed by atoms with Crippen molar-refractivity contribution in [3.8, 4) is 0 Å². The minimum atomic E-state index is -0.128. The lowest BCUT2D eigenvalue weighted by Crippen LogP contribution is -2.38. The standard InChI is InChI=1S/C27H31NO2/c1-5-17-6-8-19(9-7-17)22-16-25(30)28-23-14-20(15-24(29)26(22)23)18-10-12-21(13-11-18)27(2,3)4/h6-13,20,22H,5,14-16H2,1-4H3,(H,28,30). The summed E-state index contributed by atoms with van der Waals surface area (Å²) in [5.74, 6) is 0.170. The van der Waals surface area contributed by atoms with Gasteiger partial charge in [0.15, 0.2) is 5.78 Å². The maximum atomic E-state index is 13.2. The van der Waals surface area contributed by atoms with Gasteiger partial charge in [-0.15, -0.1) is 0 Å². The van der Waals surface area contributed by atoms with E-state index in [9.17, 15) is 9.59 Å². The number of allylic oxidation sites excluding steroid dienone is 2. The van der Waals surface area contributed by atoms with E-state index in [1.54, 1.807) is 0 Å². The van der Waals surface area contributed by atoms with Crippen LogP contribution in [-0.2, 0) is 21.4 Å². The van der Waals surface area contributed by atoms with Gasteiger partial charge in [-0.3, -0.25) is 9.59 Å². The van der Waals surface area contributed by atoms with E-state index in [-0.39, 0.29) is 28.9 Å². The van der Waals surface area contributed by atoms with Crippen LogP contribution >= 0.6 is 0 Å². The van der Waals surface area contributed by atoms with Crippen molar-refractivity contribution in [2.24, 2.45) is 0 Å². The average molecular weight is 402 g/mol. The largest absolute Gasteiger partial charge is 0.329 e. The number of rotatable bonds is 3. The van der Waals surface area contributed by atoms with Crippen molar-refractivity contribution in [1.82, 2.24) is 5.32 Å². The second-order valence-corrected chi connectivity index (χ2v) is 9.69. The molecule has 156 valence electrons. The quantitative estimate of drug-likeness (QED) is 0.733. The summed E-state index contributed by atoms with van der Waals surface area (Å²) >= 11 is 0. The molecule has 0 saturated heterocycles. The molecule has 0 saturated carbocycles. The van der Waals surface area contributed by atoms with Gasteiger partial charge in [-0.05, 0) is 46.4 Å². The normalized spacial score (nSPS) is 22.0. The molecule has 4 rings (SSSR count). The molecule has 0 spiro atoms. The third kappa shape index (κ3) is 3.98. The first-order valence-corrected chi connectivity index (χ1v) is 11.0. The van der Waals surface area contributed by atoms with Crippen molar-refractivity contribution in [2.75, 3.05) is 0 Å². The highest BCUT2D eigenvalue weighted by molar-refractivity contribution is 6.02. The number of benzene rings is 2. The van der Waals surface area contributed by atoms with E-state index < -0.39 is 0 Å². The van der Waals surface area contributed by atoms with Crippen LogP contribution in [-0.4, -0.2) is 11.7 Å². The fourth-order valence-electron chi connectivity index (χ4n) is 4.72. The van der Waals surface area contributed by atoms with Crippen molar-refractivity contribution in [2.45, 2.75) is 70.6 Å². The van der Waals surface area contributed by atoms with Gasteiger partial charge in [0.05, 0.1) is 0 Å². The molecule has 30 heavy (non-hydrogen) atoms. The van der Waals surface area contributed by atoms with Crippen molar-refractivity contribution >= 4 is 11.7 Å². The van der Waals surface area contributed by atoms with E-state index in [4.69, 9.17) is 0 Å².